The number of rotatable bonds is 7. The van der Waals surface area contributed by atoms with Crippen molar-refractivity contribution in [2.75, 3.05) is 39.9 Å². The Morgan fingerprint density at radius 1 is 1.17 bits per heavy atom. The van der Waals surface area contributed by atoms with Crippen LogP contribution in [-0.4, -0.2) is 60.7 Å². The molecule has 1 saturated heterocycles. The summed E-state index contributed by atoms with van der Waals surface area (Å²) in [5.74, 6) is 0.986. The molecule has 1 aromatic carbocycles. The van der Waals surface area contributed by atoms with E-state index in [9.17, 15) is 9.90 Å². The van der Waals surface area contributed by atoms with Gasteiger partial charge in [0.15, 0.2) is 0 Å². The van der Waals surface area contributed by atoms with Gasteiger partial charge in [-0.05, 0) is 18.9 Å². The van der Waals surface area contributed by atoms with E-state index >= 15 is 0 Å². The van der Waals surface area contributed by atoms with E-state index in [-0.39, 0.29) is 12.5 Å². The molecule has 134 valence electrons. The van der Waals surface area contributed by atoms with E-state index in [2.05, 4.69) is 0 Å². The lowest BCUT2D eigenvalue weighted by molar-refractivity contribution is -0.133. The molecule has 1 fully saturated rings. The number of ether oxygens (including phenoxy) is 1. The Labute approximate surface area is 145 Å². The van der Waals surface area contributed by atoms with Crippen molar-refractivity contribution < 1.29 is 14.6 Å². The summed E-state index contributed by atoms with van der Waals surface area (Å²) in [5, 5.41) is 9.35. The lowest BCUT2D eigenvalue weighted by Gasteiger charge is -2.28. The fraction of sp³-hybridized carbons (Fsp3) is 0.632. The number of methoxy groups -OCH3 is 1. The monoisotopic (exact) mass is 334 g/mol. The van der Waals surface area contributed by atoms with Crippen molar-refractivity contribution in [3.8, 4) is 5.75 Å². The van der Waals surface area contributed by atoms with Crippen LogP contribution in [0.2, 0.25) is 0 Å². The molecule has 0 unspecified atom stereocenters. The molecule has 2 rings (SSSR count). The van der Waals surface area contributed by atoms with Gasteiger partial charge < -0.3 is 14.7 Å². The van der Waals surface area contributed by atoms with Crippen LogP contribution in [0.15, 0.2) is 24.3 Å². The first-order valence-electron chi connectivity index (χ1n) is 8.97. The van der Waals surface area contributed by atoms with Crippen LogP contribution >= 0.6 is 0 Å². The molecule has 1 aromatic rings. The van der Waals surface area contributed by atoms with E-state index in [1.165, 1.54) is 19.3 Å². The Morgan fingerprint density at radius 3 is 2.50 bits per heavy atom. The van der Waals surface area contributed by atoms with Crippen molar-refractivity contribution in [1.82, 2.24) is 9.80 Å². The smallest absolute Gasteiger partial charge is 0.236 e. The van der Waals surface area contributed by atoms with E-state index in [4.69, 9.17) is 4.74 Å². The number of aliphatic hydroxyl groups excluding tert-OH is 1. The fourth-order valence-corrected chi connectivity index (χ4v) is 3.22. The summed E-state index contributed by atoms with van der Waals surface area (Å²) in [6, 6.07) is 7.83. The molecule has 24 heavy (non-hydrogen) atoms. The number of hydrogen-bond acceptors (Lipinski definition) is 4. The maximum Gasteiger partial charge on any atom is 0.236 e. The highest BCUT2D eigenvalue weighted by molar-refractivity contribution is 5.78. The van der Waals surface area contributed by atoms with Crippen molar-refractivity contribution in [2.45, 2.75) is 38.6 Å². The van der Waals surface area contributed by atoms with Gasteiger partial charge in [-0.15, -0.1) is 0 Å². The Kier molecular flexibility index (Phi) is 8.05. The third-order valence-corrected chi connectivity index (χ3v) is 4.57. The Hall–Kier alpha value is -1.59. The summed E-state index contributed by atoms with van der Waals surface area (Å²) in [7, 11) is 1.65. The molecule has 0 spiro atoms. The van der Waals surface area contributed by atoms with E-state index in [1.807, 2.05) is 34.1 Å². The van der Waals surface area contributed by atoms with Gasteiger partial charge in [-0.2, -0.15) is 0 Å². The van der Waals surface area contributed by atoms with Gasteiger partial charge in [-0.3, -0.25) is 9.69 Å². The molecule has 1 N–H and O–H groups in total. The number of carbonyl (C=O) groups excluding carboxylic acids is 1. The number of likely N-dealkylation sites (tertiary alicyclic amines) is 1. The third-order valence-electron chi connectivity index (χ3n) is 4.57. The molecular weight excluding hydrogens is 304 g/mol. The van der Waals surface area contributed by atoms with Gasteiger partial charge >= 0.3 is 0 Å². The number of carbonyl (C=O) groups is 1. The lowest BCUT2D eigenvalue weighted by Crippen LogP contribution is -2.42. The summed E-state index contributed by atoms with van der Waals surface area (Å²) in [5.41, 5.74) is 1.04. The molecule has 1 amide bonds. The zero-order valence-electron chi connectivity index (χ0n) is 14.7. The minimum absolute atomic E-state index is 0.0441. The van der Waals surface area contributed by atoms with Crippen LogP contribution in [0, 0.1) is 0 Å². The van der Waals surface area contributed by atoms with Crippen molar-refractivity contribution in [3.63, 3.8) is 0 Å². The molecule has 0 bridgehead atoms. The summed E-state index contributed by atoms with van der Waals surface area (Å²) < 4.78 is 5.39. The summed E-state index contributed by atoms with van der Waals surface area (Å²) in [6.45, 7) is 3.20. The molecule has 0 atom stereocenters. The van der Waals surface area contributed by atoms with Gasteiger partial charge in [0.1, 0.15) is 5.75 Å². The fourth-order valence-electron chi connectivity index (χ4n) is 3.22. The van der Waals surface area contributed by atoms with Crippen molar-refractivity contribution in [3.05, 3.63) is 29.8 Å². The molecular formula is C19H30N2O3. The normalized spacial score (nSPS) is 15.9. The maximum atomic E-state index is 12.7. The number of para-hydroxylation sites is 1. The molecule has 5 nitrogen and oxygen atoms in total. The van der Waals surface area contributed by atoms with Crippen LogP contribution < -0.4 is 4.74 Å². The van der Waals surface area contributed by atoms with Crippen LogP contribution in [0.1, 0.15) is 37.7 Å². The van der Waals surface area contributed by atoms with Gasteiger partial charge in [0.25, 0.3) is 0 Å². The van der Waals surface area contributed by atoms with Crippen LogP contribution in [0.4, 0.5) is 0 Å². The van der Waals surface area contributed by atoms with E-state index in [0.29, 0.717) is 19.6 Å². The van der Waals surface area contributed by atoms with Gasteiger partial charge in [0, 0.05) is 31.7 Å². The third kappa shape index (κ3) is 5.80. The number of amides is 1. The number of benzene rings is 1. The maximum absolute atomic E-state index is 12.7. The van der Waals surface area contributed by atoms with Crippen LogP contribution in [0.25, 0.3) is 0 Å². The molecule has 0 saturated carbocycles. The predicted octanol–water partition coefficient (Wildman–Crippen LogP) is 2.28. The van der Waals surface area contributed by atoms with Crippen molar-refractivity contribution >= 4 is 5.91 Å². The molecule has 5 heteroatoms. The molecule has 1 aliphatic heterocycles. The summed E-state index contributed by atoms with van der Waals surface area (Å²) in [6.07, 6.45) is 5.90. The largest absolute Gasteiger partial charge is 0.496 e. The predicted molar refractivity (Wildman–Crippen MR) is 95.0 cm³/mol. The van der Waals surface area contributed by atoms with Crippen LogP contribution in [-0.2, 0) is 11.3 Å². The van der Waals surface area contributed by atoms with Crippen LogP contribution in [0.5, 0.6) is 5.75 Å². The van der Waals surface area contributed by atoms with E-state index < -0.39 is 0 Å². The topological polar surface area (TPSA) is 53.0 Å². The first-order valence-corrected chi connectivity index (χ1v) is 8.97. The average Bonchev–Trinajstić information content (AvgIpc) is 2.55. The Morgan fingerprint density at radius 2 is 1.83 bits per heavy atom. The number of nitrogens with zero attached hydrogens (tertiary/aromatic N) is 2. The van der Waals surface area contributed by atoms with E-state index in [1.54, 1.807) is 7.11 Å². The lowest BCUT2D eigenvalue weighted by atomic mass is 10.1. The highest BCUT2D eigenvalue weighted by Crippen LogP contribution is 2.19. The standard InChI is InChI=1S/C19H30N2O3/c1-24-18-10-6-5-9-17(18)15-20(13-14-22)16-19(23)21-11-7-3-2-4-8-12-21/h5-6,9-10,22H,2-4,7-8,11-16H2,1H3. The molecule has 1 aliphatic rings. The Bertz CT molecular complexity index is 499. The molecule has 0 aromatic heterocycles. The summed E-state index contributed by atoms with van der Waals surface area (Å²) >= 11 is 0. The van der Waals surface area contributed by atoms with Crippen molar-refractivity contribution in [2.24, 2.45) is 0 Å². The second-order valence-electron chi connectivity index (χ2n) is 6.39. The minimum atomic E-state index is 0.0441. The van der Waals surface area contributed by atoms with Gasteiger partial charge in [-0.25, -0.2) is 0 Å². The minimum Gasteiger partial charge on any atom is -0.496 e. The Balaban J connectivity index is 1.97. The zero-order chi connectivity index (χ0) is 17.2. The van der Waals surface area contributed by atoms with Gasteiger partial charge in [0.2, 0.25) is 5.91 Å². The van der Waals surface area contributed by atoms with Crippen LogP contribution in [0.3, 0.4) is 0 Å². The average molecular weight is 334 g/mol. The van der Waals surface area contributed by atoms with E-state index in [0.717, 1.165) is 37.2 Å². The second-order valence-corrected chi connectivity index (χ2v) is 6.39. The highest BCUT2D eigenvalue weighted by Gasteiger charge is 2.19. The SMILES string of the molecule is COc1ccccc1CN(CCO)CC(=O)N1CCCCCCC1. The molecule has 1 heterocycles. The zero-order valence-corrected chi connectivity index (χ0v) is 14.7. The van der Waals surface area contributed by atoms with Gasteiger partial charge in [-0.1, -0.05) is 37.5 Å². The molecule has 0 aliphatic carbocycles. The number of aliphatic hydroxyl groups is 1. The number of hydrogen-bond donors (Lipinski definition) is 1. The molecule has 0 radical (unpaired) electrons. The summed E-state index contributed by atoms with van der Waals surface area (Å²) in [4.78, 5) is 16.7. The van der Waals surface area contributed by atoms with Gasteiger partial charge in [0.05, 0.1) is 20.3 Å². The second kappa shape index (κ2) is 10.3. The quantitative estimate of drug-likeness (QED) is 0.831. The highest BCUT2D eigenvalue weighted by atomic mass is 16.5. The first kappa shape index (κ1) is 18.7. The van der Waals surface area contributed by atoms with Crippen molar-refractivity contribution in [1.29, 1.82) is 0 Å². The first-order chi connectivity index (χ1) is 11.7.